The molecule has 1 rings (SSSR count). The largest absolute Gasteiger partial charge is 0.354 e. The Kier molecular flexibility index (Phi) is 3.44. The van der Waals surface area contributed by atoms with Gasteiger partial charge in [0.15, 0.2) is 0 Å². The summed E-state index contributed by atoms with van der Waals surface area (Å²) in [7, 11) is 0. The first-order valence-electron chi connectivity index (χ1n) is 3.94. The molecule has 0 aliphatic rings. The fourth-order valence-electron chi connectivity index (χ4n) is 0.773. The highest BCUT2D eigenvalue weighted by Gasteiger charge is 1.97. The van der Waals surface area contributed by atoms with E-state index < -0.39 is 6.17 Å². The van der Waals surface area contributed by atoms with Crippen molar-refractivity contribution in [2.75, 3.05) is 11.9 Å². The van der Waals surface area contributed by atoms with Gasteiger partial charge in [-0.2, -0.15) is 0 Å². The van der Waals surface area contributed by atoms with Crippen molar-refractivity contribution < 1.29 is 4.39 Å². The molecule has 12 heavy (non-hydrogen) atoms. The Bertz CT molecular complexity index is 213. The predicted octanol–water partition coefficient (Wildman–Crippen LogP) is 1.64. The van der Waals surface area contributed by atoms with Crippen molar-refractivity contribution in [1.82, 2.24) is 9.97 Å². The van der Waals surface area contributed by atoms with Crippen LogP contribution in [0.2, 0.25) is 0 Å². The van der Waals surface area contributed by atoms with Crippen LogP contribution < -0.4 is 5.32 Å². The molecule has 0 bridgehead atoms. The van der Waals surface area contributed by atoms with Gasteiger partial charge < -0.3 is 5.32 Å². The summed E-state index contributed by atoms with van der Waals surface area (Å²) in [5, 5.41) is 2.91. The number of rotatable bonds is 4. The van der Waals surface area contributed by atoms with Crippen LogP contribution in [0.4, 0.5) is 10.3 Å². The van der Waals surface area contributed by atoms with Gasteiger partial charge in [0.2, 0.25) is 5.95 Å². The predicted molar refractivity (Wildman–Crippen MR) is 45.7 cm³/mol. The summed E-state index contributed by atoms with van der Waals surface area (Å²) in [5.74, 6) is 0.554. The molecule has 1 aromatic heterocycles. The van der Waals surface area contributed by atoms with Crippen molar-refractivity contribution in [2.45, 2.75) is 19.5 Å². The lowest BCUT2D eigenvalue weighted by Gasteiger charge is -2.03. The van der Waals surface area contributed by atoms with Crippen LogP contribution in [0.25, 0.3) is 0 Å². The van der Waals surface area contributed by atoms with Crippen LogP contribution in [0.15, 0.2) is 18.5 Å². The van der Waals surface area contributed by atoms with Gasteiger partial charge in [0.1, 0.15) is 0 Å². The molecule has 0 saturated heterocycles. The summed E-state index contributed by atoms with van der Waals surface area (Å²) in [6.45, 7) is 2.11. The molecule has 0 spiro atoms. The van der Waals surface area contributed by atoms with Gasteiger partial charge in [0, 0.05) is 18.9 Å². The highest BCUT2D eigenvalue weighted by Crippen LogP contribution is 1.98. The summed E-state index contributed by atoms with van der Waals surface area (Å²) >= 11 is 0. The number of anilines is 1. The Labute approximate surface area is 71.0 Å². The average Bonchev–Trinajstić information content (AvgIpc) is 2.05. The van der Waals surface area contributed by atoms with Crippen LogP contribution in [0, 0.1) is 0 Å². The van der Waals surface area contributed by atoms with E-state index in [0.29, 0.717) is 18.9 Å². The highest BCUT2D eigenvalue weighted by atomic mass is 19.1. The van der Waals surface area contributed by atoms with Gasteiger partial charge in [-0.05, 0) is 19.4 Å². The fraction of sp³-hybridized carbons (Fsp3) is 0.500. The maximum Gasteiger partial charge on any atom is 0.222 e. The molecule has 0 aromatic carbocycles. The van der Waals surface area contributed by atoms with Crippen LogP contribution in [0.5, 0.6) is 0 Å². The number of alkyl halides is 1. The van der Waals surface area contributed by atoms with E-state index in [1.165, 1.54) is 6.92 Å². The van der Waals surface area contributed by atoms with Gasteiger partial charge in [0.25, 0.3) is 0 Å². The zero-order chi connectivity index (χ0) is 8.81. The molecule has 0 aliphatic heterocycles. The van der Waals surface area contributed by atoms with Gasteiger partial charge in [-0.25, -0.2) is 14.4 Å². The third kappa shape index (κ3) is 3.27. The number of halogens is 1. The minimum atomic E-state index is -0.777. The number of hydrogen-bond acceptors (Lipinski definition) is 3. The van der Waals surface area contributed by atoms with Crippen LogP contribution in [-0.4, -0.2) is 22.7 Å². The molecule has 1 unspecified atom stereocenters. The van der Waals surface area contributed by atoms with Crippen LogP contribution in [-0.2, 0) is 0 Å². The summed E-state index contributed by atoms with van der Waals surface area (Å²) in [4.78, 5) is 7.86. The minimum absolute atomic E-state index is 0.484. The summed E-state index contributed by atoms with van der Waals surface area (Å²) in [6, 6.07) is 1.74. The monoisotopic (exact) mass is 169 g/mol. The first-order chi connectivity index (χ1) is 5.79. The molecular weight excluding hydrogens is 157 g/mol. The lowest BCUT2D eigenvalue weighted by atomic mass is 10.3. The molecular formula is C8H12FN3. The van der Waals surface area contributed by atoms with Crippen molar-refractivity contribution in [3.63, 3.8) is 0 Å². The molecule has 3 nitrogen and oxygen atoms in total. The van der Waals surface area contributed by atoms with Gasteiger partial charge >= 0.3 is 0 Å². The van der Waals surface area contributed by atoms with E-state index >= 15 is 0 Å². The second kappa shape index (κ2) is 4.64. The number of nitrogens with one attached hydrogen (secondary N) is 1. The Morgan fingerprint density at radius 2 is 2.17 bits per heavy atom. The second-order valence-corrected chi connectivity index (χ2v) is 2.57. The lowest BCUT2D eigenvalue weighted by molar-refractivity contribution is 0.348. The van der Waals surface area contributed by atoms with E-state index in [1.54, 1.807) is 18.5 Å². The quantitative estimate of drug-likeness (QED) is 0.744. The number of hydrogen-bond donors (Lipinski definition) is 1. The zero-order valence-corrected chi connectivity index (χ0v) is 7.00. The molecule has 0 amide bonds. The third-order valence-corrected chi connectivity index (χ3v) is 1.39. The van der Waals surface area contributed by atoms with E-state index in [-0.39, 0.29) is 0 Å². The molecule has 1 heterocycles. The zero-order valence-electron chi connectivity index (χ0n) is 7.00. The van der Waals surface area contributed by atoms with Gasteiger partial charge in [-0.15, -0.1) is 0 Å². The van der Waals surface area contributed by atoms with Crippen molar-refractivity contribution in [3.8, 4) is 0 Å². The topological polar surface area (TPSA) is 37.8 Å². The molecule has 66 valence electrons. The first-order valence-corrected chi connectivity index (χ1v) is 3.94. The molecule has 0 radical (unpaired) electrons. The lowest BCUT2D eigenvalue weighted by Crippen LogP contribution is -2.08. The normalized spacial score (nSPS) is 12.5. The van der Waals surface area contributed by atoms with Gasteiger partial charge in [-0.1, -0.05) is 0 Å². The average molecular weight is 169 g/mol. The minimum Gasteiger partial charge on any atom is -0.354 e. The molecule has 0 fully saturated rings. The summed E-state index contributed by atoms with van der Waals surface area (Å²) < 4.78 is 12.3. The van der Waals surface area contributed by atoms with E-state index in [1.807, 2.05) is 0 Å². The third-order valence-electron chi connectivity index (χ3n) is 1.39. The second-order valence-electron chi connectivity index (χ2n) is 2.57. The SMILES string of the molecule is CC(F)CCNc1ncccn1. The van der Waals surface area contributed by atoms with Crippen molar-refractivity contribution in [3.05, 3.63) is 18.5 Å². The molecule has 0 saturated carbocycles. The van der Waals surface area contributed by atoms with Crippen LogP contribution in [0.1, 0.15) is 13.3 Å². The molecule has 1 atom stereocenters. The van der Waals surface area contributed by atoms with E-state index in [0.717, 1.165) is 0 Å². The highest BCUT2D eigenvalue weighted by molar-refractivity contribution is 5.21. The molecule has 4 heteroatoms. The van der Waals surface area contributed by atoms with E-state index in [2.05, 4.69) is 15.3 Å². The van der Waals surface area contributed by atoms with E-state index in [4.69, 9.17) is 0 Å². The Morgan fingerprint density at radius 1 is 1.50 bits per heavy atom. The Hall–Kier alpha value is -1.19. The van der Waals surface area contributed by atoms with Crippen LogP contribution >= 0.6 is 0 Å². The molecule has 0 aliphatic carbocycles. The summed E-state index contributed by atoms with van der Waals surface area (Å²) in [5.41, 5.74) is 0. The number of aromatic nitrogens is 2. The maximum atomic E-state index is 12.3. The Balaban J connectivity index is 2.25. The van der Waals surface area contributed by atoms with Crippen molar-refractivity contribution >= 4 is 5.95 Å². The molecule has 1 aromatic rings. The first kappa shape index (κ1) is 8.90. The van der Waals surface area contributed by atoms with Gasteiger partial charge in [0.05, 0.1) is 6.17 Å². The van der Waals surface area contributed by atoms with Crippen molar-refractivity contribution in [2.24, 2.45) is 0 Å². The van der Waals surface area contributed by atoms with Crippen LogP contribution in [0.3, 0.4) is 0 Å². The summed E-state index contributed by atoms with van der Waals surface area (Å²) in [6.07, 6.45) is 3.00. The fourth-order valence-corrected chi connectivity index (χ4v) is 0.773. The number of nitrogens with zero attached hydrogens (tertiary/aromatic N) is 2. The van der Waals surface area contributed by atoms with E-state index in [9.17, 15) is 4.39 Å². The van der Waals surface area contributed by atoms with Gasteiger partial charge in [-0.3, -0.25) is 0 Å². The maximum absolute atomic E-state index is 12.3. The molecule has 1 N–H and O–H groups in total. The van der Waals surface area contributed by atoms with Crippen molar-refractivity contribution in [1.29, 1.82) is 0 Å². The standard InChI is InChI=1S/C8H12FN3/c1-7(9)3-6-12-8-10-4-2-5-11-8/h2,4-5,7H,3,6H2,1H3,(H,10,11,12). The Morgan fingerprint density at radius 3 is 2.75 bits per heavy atom. The smallest absolute Gasteiger partial charge is 0.222 e.